The van der Waals surface area contributed by atoms with Gasteiger partial charge in [-0.05, 0) is 31.2 Å². The molecule has 0 aromatic rings. The molecule has 0 aromatic carbocycles. The van der Waals surface area contributed by atoms with Crippen LogP contribution in [0, 0.1) is 5.92 Å². The second kappa shape index (κ2) is 8.27. The topological polar surface area (TPSA) is 12.0 Å². The van der Waals surface area contributed by atoms with Gasteiger partial charge in [0.2, 0.25) is 7.41 Å². The highest BCUT2D eigenvalue weighted by atomic mass is 14.8. The third-order valence-electron chi connectivity index (χ3n) is 5.55. The van der Waals surface area contributed by atoms with E-state index in [9.17, 15) is 0 Å². The highest BCUT2D eigenvalue weighted by molar-refractivity contribution is 6.74. The Morgan fingerprint density at radius 2 is 1.90 bits per heavy atom. The zero-order valence-electron chi connectivity index (χ0n) is 14.7. The number of hydrogen-bond donors (Lipinski definition) is 1. The quantitative estimate of drug-likeness (QED) is 0.428. The van der Waals surface area contributed by atoms with Crippen LogP contribution in [0.4, 0.5) is 0 Å². The van der Waals surface area contributed by atoms with E-state index in [1.807, 2.05) is 0 Å². The summed E-state index contributed by atoms with van der Waals surface area (Å²) in [5.41, 5.74) is 4.87. The lowest BCUT2D eigenvalue weighted by Crippen LogP contribution is -2.31. The van der Waals surface area contributed by atoms with Crippen molar-refractivity contribution < 1.29 is 0 Å². The monoisotopic (exact) mass is 285 g/mol. The van der Waals surface area contributed by atoms with Crippen molar-refractivity contribution in [3.8, 4) is 0 Å². The van der Waals surface area contributed by atoms with E-state index < -0.39 is 0 Å². The Labute approximate surface area is 133 Å². The summed E-state index contributed by atoms with van der Waals surface area (Å²) in [6.45, 7) is 10.0. The molecule has 0 unspecified atom stereocenters. The minimum Gasteiger partial charge on any atom is -0.356 e. The third-order valence-corrected chi connectivity index (χ3v) is 5.55. The van der Waals surface area contributed by atoms with Crippen LogP contribution in [-0.4, -0.2) is 20.2 Å². The van der Waals surface area contributed by atoms with Crippen molar-refractivity contribution in [3.63, 3.8) is 0 Å². The molecule has 0 aromatic heterocycles. The molecule has 116 valence electrons. The van der Waals surface area contributed by atoms with Gasteiger partial charge in [0.1, 0.15) is 0 Å². The SMILES string of the molecule is CB1C(CCBNC2CCCCCC2)=CC(C(C)C)=C1C. The zero-order valence-corrected chi connectivity index (χ0v) is 14.7. The molecule has 1 nitrogen and oxygen atoms in total. The Balaban J connectivity index is 1.71. The largest absolute Gasteiger partial charge is 0.356 e. The second-order valence-electron chi connectivity index (χ2n) is 7.48. The van der Waals surface area contributed by atoms with Crippen molar-refractivity contribution in [3.05, 3.63) is 22.6 Å². The Morgan fingerprint density at radius 3 is 2.48 bits per heavy atom. The molecule has 2 aliphatic rings. The third kappa shape index (κ3) is 4.77. The maximum atomic E-state index is 3.80. The Kier molecular flexibility index (Phi) is 6.67. The molecular formula is C18H33B2N. The lowest BCUT2D eigenvalue weighted by molar-refractivity contribution is 0.541. The van der Waals surface area contributed by atoms with E-state index in [0.717, 1.165) is 6.04 Å². The summed E-state index contributed by atoms with van der Waals surface area (Å²) in [4.78, 5) is 0. The van der Waals surface area contributed by atoms with E-state index >= 15 is 0 Å². The van der Waals surface area contributed by atoms with Gasteiger partial charge in [-0.25, -0.2) is 0 Å². The van der Waals surface area contributed by atoms with E-state index in [2.05, 4.69) is 38.9 Å². The van der Waals surface area contributed by atoms with Gasteiger partial charge in [-0.3, -0.25) is 0 Å². The van der Waals surface area contributed by atoms with Gasteiger partial charge in [-0.15, -0.1) is 0 Å². The van der Waals surface area contributed by atoms with Crippen LogP contribution in [0.1, 0.15) is 65.7 Å². The average Bonchev–Trinajstić information content (AvgIpc) is 2.66. The molecule has 0 saturated heterocycles. The van der Waals surface area contributed by atoms with Crippen LogP contribution in [0.5, 0.6) is 0 Å². The smallest absolute Gasteiger partial charge is 0.201 e. The first-order valence-corrected chi connectivity index (χ1v) is 9.24. The highest BCUT2D eigenvalue weighted by Gasteiger charge is 2.24. The standard InChI is InChI=1S/C18H33B2N/c1-14(2)18-13-16(20(4)15(18)3)11-12-19-21-17-9-7-5-6-8-10-17/h13-14,17,19,21H,5-12H2,1-4H3. The van der Waals surface area contributed by atoms with Crippen molar-refractivity contribution in [1.29, 1.82) is 0 Å². The second-order valence-corrected chi connectivity index (χ2v) is 7.48. The fraction of sp³-hybridized carbons (Fsp3) is 0.778. The molecule has 1 heterocycles. The summed E-state index contributed by atoms with van der Waals surface area (Å²) < 4.78 is 0. The van der Waals surface area contributed by atoms with Crippen LogP contribution in [0.3, 0.4) is 0 Å². The molecule has 1 fully saturated rings. The van der Waals surface area contributed by atoms with Crippen molar-refractivity contribution in [2.75, 3.05) is 0 Å². The van der Waals surface area contributed by atoms with Gasteiger partial charge in [0.15, 0.2) is 6.71 Å². The molecule has 1 N–H and O–H groups in total. The average molecular weight is 285 g/mol. The Morgan fingerprint density at radius 1 is 1.24 bits per heavy atom. The van der Waals surface area contributed by atoms with E-state index in [-0.39, 0.29) is 0 Å². The fourth-order valence-corrected chi connectivity index (χ4v) is 3.96. The molecule has 0 atom stereocenters. The van der Waals surface area contributed by atoms with Crippen LogP contribution >= 0.6 is 0 Å². The predicted octanol–water partition coefficient (Wildman–Crippen LogP) is 4.57. The molecule has 1 aliphatic carbocycles. The Hall–Kier alpha value is -0.430. The predicted molar refractivity (Wildman–Crippen MR) is 98.4 cm³/mol. The molecule has 1 saturated carbocycles. The minimum absolute atomic E-state index is 0.675. The first kappa shape index (κ1) is 16.9. The summed E-state index contributed by atoms with van der Waals surface area (Å²) >= 11 is 0. The number of nitrogens with one attached hydrogen (secondary N) is 1. The maximum Gasteiger partial charge on any atom is 0.201 e. The number of hydrogen-bond acceptors (Lipinski definition) is 1. The van der Waals surface area contributed by atoms with Crippen LogP contribution in [-0.2, 0) is 0 Å². The number of rotatable bonds is 6. The van der Waals surface area contributed by atoms with Crippen molar-refractivity contribution >= 4 is 14.1 Å². The van der Waals surface area contributed by atoms with Gasteiger partial charge >= 0.3 is 0 Å². The summed E-state index contributed by atoms with van der Waals surface area (Å²) in [5.74, 6) is 0.675. The highest BCUT2D eigenvalue weighted by Crippen LogP contribution is 2.31. The van der Waals surface area contributed by atoms with Crippen molar-refractivity contribution in [1.82, 2.24) is 5.23 Å². The maximum absolute atomic E-state index is 3.80. The lowest BCUT2D eigenvalue weighted by atomic mass is 9.42. The molecule has 1 aliphatic heterocycles. The summed E-state index contributed by atoms with van der Waals surface area (Å²) in [7, 11) is 1.20. The lowest BCUT2D eigenvalue weighted by Gasteiger charge is -2.16. The molecular weight excluding hydrogens is 252 g/mol. The van der Waals surface area contributed by atoms with Crippen molar-refractivity contribution in [2.45, 2.75) is 84.9 Å². The van der Waals surface area contributed by atoms with E-state index in [4.69, 9.17) is 0 Å². The summed E-state index contributed by atoms with van der Waals surface area (Å²) in [6, 6.07) is 0.800. The van der Waals surface area contributed by atoms with Gasteiger partial charge < -0.3 is 5.23 Å². The summed E-state index contributed by atoms with van der Waals surface area (Å²) in [5, 5.41) is 3.80. The molecule has 0 radical (unpaired) electrons. The van der Waals surface area contributed by atoms with Gasteiger partial charge in [-0.1, -0.05) is 82.2 Å². The van der Waals surface area contributed by atoms with Crippen LogP contribution in [0.2, 0.25) is 13.1 Å². The first-order valence-electron chi connectivity index (χ1n) is 9.24. The fourth-order valence-electron chi connectivity index (χ4n) is 3.96. The van der Waals surface area contributed by atoms with E-state index in [1.165, 1.54) is 58.7 Å². The van der Waals surface area contributed by atoms with E-state index in [0.29, 0.717) is 12.6 Å². The van der Waals surface area contributed by atoms with Gasteiger partial charge in [0, 0.05) is 0 Å². The minimum atomic E-state index is 0.675. The normalized spacial score (nSPS) is 21.0. The molecule has 0 bridgehead atoms. The Bertz CT molecular complexity index is 390. The van der Waals surface area contributed by atoms with Gasteiger partial charge in [0.05, 0.1) is 0 Å². The number of allylic oxidation sites excluding steroid dienone is 4. The zero-order chi connectivity index (χ0) is 15.2. The van der Waals surface area contributed by atoms with E-state index in [1.54, 1.807) is 16.5 Å². The molecule has 0 spiro atoms. The van der Waals surface area contributed by atoms with Crippen LogP contribution in [0.15, 0.2) is 22.6 Å². The van der Waals surface area contributed by atoms with Gasteiger partial charge in [-0.2, -0.15) is 0 Å². The summed E-state index contributed by atoms with van der Waals surface area (Å²) in [6.07, 6.45) is 13.6. The van der Waals surface area contributed by atoms with Gasteiger partial charge in [0.25, 0.3) is 0 Å². The first-order chi connectivity index (χ1) is 10.1. The molecule has 21 heavy (non-hydrogen) atoms. The van der Waals surface area contributed by atoms with Crippen molar-refractivity contribution in [2.24, 2.45) is 5.92 Å². The molecule has 2 rings (SSSR count). The molecule has 3 heteroatoms. The molecule has 0 amide bonds. The van der Waals surface area contributed by atoms with Crippen LogP contribution in [0.25, 0.3) is 0 Å². The van der Waals surface area contributed by atoms with Crippen LogP contribution < -0.4 is 5.23 Å².